The van der Waals surface area contributed by atoms with E-state index in [0.29, 0.717) is 49.7 Å². The van der Waals surface area contributed by atoms with Gasteiger partial charge in [-0.2, -0.15) is 0 Å². The van der Waals surface area contributed by atoms with E-state index in [1.165, 1.54) is 7.11 Å². The number of nitrogens with zero attached hydrogens (tertiary/aromatic N) is 2. The standard InChI is InChI=1S/C27H37ClN4O4Si/c1-16(2)37(17(3)4,18(5)6)36-19(7)25-30-23-14-10-13-22(28)24(23)26(33)32(25)21-12-9-11-20(15-21)29-27(34)31-35-8/h9-19H,1-8H3,(H2,29,31,34). The molecule has 0 saturated heterocycles. The van der Waals surface area contributed by atoms with Gasteiger partial charge in [0.1, 0.15) is 11.9 Å². The number of nitrogens with one attached hydrogen (secondary N) is 2. The maximum atomic E-state index is 14.0. The first-order valence-electron chi connectivity index (χ1n) is 12.5. The van der Waals surface area contributed by atoms with Crippen LogP contribution in [0.4, 0.5) is 10.5 Å². The summed E-state index contributed by atoms with van der Waals surface area (Å²) in [5, 5.41) is 3.35. The molecule has 8 nitrogen and oxygen atoms in total. The van der Waals surface area contributed by atoms with Gasteiger partial charge in [-0.25, -0.2) is 15.3 Å². The molecule has 0 saturated carbocycles. The molecule has 0 fully saturated rings. The number of benzene rings is 2. The minimum atomic E-state index is -2.30. The zero-order chi connectivity index (χ0) is 27.5. The summed E-state index contributed by atoms with van der Waals surface area (Å²) in [6.45, 7) is 15.3. The minimum absolute atomic E-state index is 0.301. The lowest BCUT2D eigenvalue weighted by Gasteiger charge is -2.44. The van der Waals surface area contributed by atoms with Crippen molar-refractivity contribution in [2.75, 3.05) is 12.4 Å². The minimum Gasteiger partial charge on any atom is -0.406 e. The molecular formula is C27H37ClN4O4Si. The number of carbonyl (C=O) groups excluding carboxylic acids is 1. The van der Waals surface area contributed by atoms with E-state index in [1.807, 2.05) is 6.92 Å². The Kier molecular flexibility index (Phi) is 9.17. The molecule has 0 bridgehead atoms. The molecule has 2 amide bonds. The second-order valence-electron chi connectivity index (χ2n) is 10.1. The van der Waals surface area contributed by atoms with Crippen LogP contribution < -0.4 is 16.4 Å². The first-order valence-corrected chi connectivity index (χ1v) is 15.0. The fraction of sp³-hybridized carbons (Fsp3) is 0.444. The number of anilines is 1. The Morgan fingerprint density at radius 1 is 1.00 bits per heavy atom. The summed E-state index contributed by atoms with van der Waals surface area (Å²) in [5.41, 5.74) is 4.52. The highest BCUT2D eigenvalue weighted by molar-refractivity contribution is 6.77. The van der Waals surface area contributed by atoms with Gasteiger partial charge in [0.05, 0.1) is 28.7 Å². The third-order valence-electron chi connectivity index (χ3n) is 6.88. The maximum Gasteiger partial charge on any atom is 0.343 e. The van der Waals surface area contributed by atoms with Crippen LogP contribution in [0.3, 0.4) is 0 Å². The summed E-state index contributed by atoms with van der Waals surface area (Å²) in [6.07, 6.45) is -0.469. The lowest BCUT2D eigenvalue weighted by Crippen LogP contribution is -2.48. The fourth-order valence-corrected chi connectivity index (χ4v) is 11.3. The van der Waals surface area contributed by atoms with Crippen LogP contribution in [-0.2, 0) is 9.26 Å². The van der Waals surface area contributed by atoms with Crippen molar-refractivity contribution in [3.8, 4) is 5.69 Å². The average molecular weight is 545 g/mol. The van der Waals surface area contributed by atoms with Crippen LogP contribution in [0.2, 0.25) is 21.6 Å². The number of fused-ring (bicyclic) bond motifs is 1. The van der Waals surface area contributed by atoms with Crippen LogP contribution in [-0.4, -0.2) is 31.0 Å². The lowest BCUT2D eigenvalue weighted by atomic mass is 10.2. The molecular weight excluding hydrogens is 508 g/mol. The lowest BCUT2D eigenvalue weighted by molar-refractivity contribution is 0.114. The third kappa shape index (κ3) is 5.74. The number of hydrogen-bond donors (Lipinski definition) is 2. The van der Waals surface area contributed by atoms with Crippen LogP contribution in [0.1, 0.15) is 60.4 Å². The molecule has 1 heterocycles. The number of amides is 2. The summed E-state index contributed by atoms with van der Waals surface area (Å²) in [7, 11) is -0.946. The first-order chi connectivity index (χ1) is 17.4. The van der Waals surface area contributed by atoms with E-state index in [4.69, 9.17) is 21.0 Å². The molecule has 2 aromatic carbocycles. The van der Waals surface area contributed by atoms with E-state index in [2.05, 4.69) is 57.2 Å². The van der Waals surface area contributed by atoms with E-state index in [1.54, 1.807) is 47.0 Å². The Morgan fingerprint density at radius 2 is 1.62 bits per heavy atom. The maximum absolute atomic E-state index is 14.0. The van der Waals surface area contributed by atoms with Crippen molar-refractivity contribution in [2.24, 2.45) is 0 Å². The van der Waals surface area contributed by atoms with Gasteiger partial charge in [0.25, 0.3) is 5.56 Å². The number of rotatable bonds is 9. The van der Waals surface area contributed by atoms with Crippen LogP contribution >= 0.6 is 11.6 Å². The average Bonchev–Trinajstić information content (AvgIpc) is 2.81. The topological polar surface area (TPSA) is 94.5 Å². The van der Waals surface area contributed by atoms with Crippen molar-refractivity contribution < 1.29 is 14.1 Å². The van der Waals surface area contributed by atoms with Crippen molar-refractivity contribution >= 4 is 42.5 Å². The highest BCUT2D eigenvalue weighted by atomic mass is 35.5. The molecule has 0 radical (unpaired) electrons. The number of hydrogen-bond acceptors (Lipinski definition) is 5. The molecule has 37 heavy (non-hydrogen) atoms. The number of carbonyl (C=O) groups is 1. The van der Waals surface area contributed by atoms with E-state index in [0.717, 1.165) is 0 Å². The van der Waals surface area contributed by atoms with Crippen molar-refractivity contribution in [3.05, 3.63) is 63.7 Å². The number of aromatic nitrogens is 2. The molecule has 0 spiro atoms. The Hall–Kier alpha value is -2.72. The predicted octanol–water partition coefficient (Wildman–Crippen LogP) is 6.98. The van der Waals surface area contributed by atoms with Gasteiger partial charge in [-0.3, -0.25) is 14.2 Å². The summed E-state index contributed by atoms with van der Waals surface area (Å²) >= 11 is 6.46. The Bertz CT molecular complexity index is 1300. The molecule has 200 valence electrons. The number of halogens is 1. The molecule has 1 unspecified atom stereocenters. The van der Waals surface area contributed by atoms with E-state index in [-0.39, 0.29) is 5.56 Å². The van der Waals surface area contributed by atoms with Gasteiger partial charge in [-0.15, -0.1) is 0 Å². The summed E-state index contributed by atoms with van der Waals surface area (Å²) in [5.74, 6) is 0.483. The smallest absolute Gasteiger partial charge is 0.343 e. The molecule has 0 aliphatic rings. The van der Waals surface area contributed by atoms with Crippen LogP contribution in [0.5, 0.6) is 0 Å². The Labute approximate surface area is 224 Å². The highest BCUT2D eigenvalue weighted by Crippen LogP contribution is 2.45. The molecule has 3 aromatic rings. The van der Waals surface area contributed by atoms with E-state index >= 15 is 0 Å². The molecule has 10 heteroatoms. The number of urea groups is 1. The van der Waals surface area contributed by atoms with Crippen molar-refractivity contribution in [3.63, 3.8) is 0 Å². The van der Waals surface area contributed by atoms with Crippen LogP contribution in [0.25, 0.3) is 16.6 Å². The van der Waals surface area contributed by atoms with Gasteiger partial charge in [-0.1, -0.05) is 65.3 Å². The van der Waals surface area contributed by atoms with Crippen LogP contribution in [0.15, 0.2) is 47.3 Å². The summed E-state index contributed by atoms with van der Waals surface area (Å²) in [4.78, 5) is 35.5. The summed E-state index contributed by atoms with van der Waals surface area (Å²) in [6, 6.07) is 11.7. The SMILES string of the molecule is CONC(=O)Nc1cccc(-n2c(C(C)O[Si](C(C)C)(C(C)C)C(C)C)nc3cccc(Cl)c3c2=O)c1. The zero-order valence-corrected chi connectivity index (χ0v) is 24.5. The highest BCUT2D eigenvalue weighted by Gasteiger charge is 2.46. The van der Waals surface area contributed by atoms with E-state index < -0.39 is 20.5 Å². The van der Waals surface area contributed by atoms with Crippen molar-refractivity contribution in [1.82, 2.24) is 15.0 Å². The normalized spacial score (nSPS) is 13.0. The second kappa shape index (κ2) is 11.8. The zero-order valence-electron chi connectivity index (χ0n) is 22.8. The molecule has 3 rings (SSSR count). The molecule has 2 N–H and O–H groups in total. The van der Waals surface area contributed by atoms with Gasteiger partial charge in [0.2, 0.25) is 8.32 Å². The number of hydroxylamine groups is 1. The van der Waals surface area contributed by atoms with Gasteiger partial charge >= 0.3 is 6.03 Å². The first kappa shape index (κ1) is 28.8. The van der Waals surface area contributed by atoms with Gasteiger partial charge in [0, 0.05) is 5.69 Å². The largest absolute Gasteiger partial charge is 0.406 e. The third-order valence-corrected chi connectivity index (χ3v) is 13.4. The second-order valence-corrected chi connectivity index (χ2v) is 15.9. The summed E-state index contributed by atoms with van der Waals surface area (Å²) < 4.78 is 8.56. The van der Waals surface area contributed by atoms with Gasteiger partial charge in [-0.05, 0) is 53.9 Å². The molecule has 1 atom stereocenters. The quantitative estimate of drug-likeness (QED) is 0.224. The fourth-order valence-electron chi connectivity index (χ4n) is 5.47. The monoisotopic (exact) mass is 544 g/mol. The van der Waals surface area contributed by atoms with E-state index in [9.17, 15) is 9.59 Å². The van der Waals surface area contributed by atoms with Gasteiger partial charge in [0.15, 0.2) is 0 Å². The molecule has 1 aromatic heterocycles. The molecule has 0 aliphatic carbocycles. The van der Waals surface area contributed by atoms with Gasteiger partial charge < -0.3 is 9.74 Å². The van der Waals surface area contributed by atoms with Crippen molar-refractivity contribution in [2.45, 2.75) is 71.2 Å². The predicted molar refractivity (Wildman–Crippen MR) is 152 cm³/mol. The van der Waals surface area contributed by atoms with Crippen molar-refractivity contribution in [1.29, 1.82) is 0 Å². The Morgan fingerprint density at radius 3 is 2.22 bits per heavy atom. The Balaban J connectivity index is 2.25. The van der Waals surface area contributed by atoms with Crippen LogP contribution in [0, 0.1) is 0 Å². The molecule has 0 aliphatic heterocycles.